The third kappa shape index (κ3) is 2.39. The van der Waals surface area contributed by atoms with E-state index in [1.54, 1.807) is 0 Å². The van der Waals surface area contributed by atoms with E-state index in [1.165, 1.54) is 6.07 Å². The van der Waals surface area contributed by atoms with Crippen LogP contribution in [0.5, 0.6) is 5.88 Å². The van der Waals surface area contributed by atoms with E-state index in [9.17, 15) is 8.78 Å². The van der Waals surface area contributed by atoms with Crippen LogP contribution < -0.4 is 10.5 Å². The summed E-state index contributed by atoms with van der Waals surface area (Å²) in [4.78, 5) is 7.16. The van der Waals surface area contributed by atoms with Crippen LogP contribution in [0.25, 0.3) is 0 Å². The average molecular weight is 175 g/mol. The Kier molecular flexibility index (Phi) is 2.87. The molecule has 0 unspecified atom stereocenters. The molecule has 0 bridgehead atoms. The number of hydrogen-bond acceptors (Lipinski definition) is 4. The van der Waals surface area contributed by atoms with Gasteiger partial charge in [0.25, 0.3) is 0 Å². The minimum atomic E-state index is -2.87. The van der Waals surface area contributed by atoms with Gasteiger partial charge in [-0.2, -0.15) is 8.78 Å². The fourth-order valence-electron chi connectivity index (χ4n) is 0.644. The van der Waals surface area contributed by atoms with E-state index in [0.29, 0.717) is 5.69 Å². The van der Waals surface area contributed by atoms with Gasteiger partial charge >= 0.3 is 6.61 Å². The van der Waals surface area contributed by atoms with E-state index in [1.807, 2.05) is 0 Å². The maximum atomic E-state index is 11.6. The van der Waals surface area contributed by atoms with Gasteiger partial charge in [0.15, 0.2) is 0 Å². The van der Waals surface area contributed by atoms with Gasteiger partial charge in [-0.3, -0.25) is 0 Å². The number of rotatable bonds is 3. The summed E-state index contributed by atoms with van der Waals surface area (Å²) in [6, 6.07) is 1.27. The van der Waals surface area contributed by atoms with Gasteiger partial charge in [0.1, 0.15) is 6.33 Å². The highest BCUT2D eigenvalue weighted by Crippen LogP contribution is 2.09. The molecule has 0 aliphatic heterocycles. The van der Waals surface area contributed by atoms with E-state index < -0.39 is 6.61 Å². The topological polar surface area (TPSA) is 61.0 Å². The zero-order valence-corrected chi connectivity index (χ0v) is 6.08. The van der Waals surface area contributed by atoms with Gasteiger partial charge in [-0.1, -0.05) is 0 Å². The van der Waals surface area contributed by atoms with Crippen molar-refractivity contribution in [2.75, 3.05) is 0 Å². The summed E-state index contributed by atoms with van der Waals surface area (Å²) in [5.41, 5.74) is 5.68. The number of nitrogens with zero attached hydrogens (tertiary/aromatic N) is 2. The van der Waals surface area contributed by atoms with E-state index in [4.69, 9.17) is 5.73 Å². The molecule has 12 heavy (non-hydrogen) atoms. The van der Waals surface area contributed by atoms with Crippen LogP contribution in [0.3, 0.4) is 0 Å². The highest BCUT2D eigenvalue weighted by Gasteiger charge is 2.05. The number of nitrogens with two attached hydrogens (primary N) is 1. The summed E-state index contributed by atoms with van der Waals surface area (Å²) < 4.78 is 27.3. The Balaban J connectivity index is 2.72. The predicted octanol–water partition coefficient (Wildman–Crippen LogP) is 0.537. The van der Waals surface area contributed by atoms with Crippen LogP contribution in [0.15, 0.2) is 12.4 Å². The Morgan fingerprint density at radius 1 is 1.50 bits per heavy atom. The van der Waals surface area contributed by atoms with E-state index in [-0.39, 0.29) is 12.4 Å². The smallest absolute Gasteiger partial charge is 0.388 e. The van der Waals surface area contributed by atoms with Crippen molar-refractivity contribution in [3.05, 3.63) is 18.1 Å². The Morgan fingerprint density at radius 3 is 2.83 bits per heavy atom. The maximum Gasteiger partial charge on any atom is 0.388 e. The van der Waals surface area contributed by atoms with Gasteiger partial charge in [-0.25, -0.2) is 9.97 Å². The molecule has 0 saturated heterocycles. The zero-order chi connectivity index (χ0) is 8.97. The van der Waals surface area contributed by atoms with Crippen molar-refractivity contribution in [3.63, 3.8) is 0 Å². The first-order chi connectivity index (χ1) is 5.72. The van der Waals surface area contributed by atoms with Gasteiger partial charge in [-0.05, 0) is 0 Å². The third-order valence-electron chi connectivity index (χ3n) is 1.12. The Labute approximate surface area is 67.4 Å². The standard InChI is InChI=1S/C6H7F2N3O/c7-6(8)12-5-1-4(2-9)10-3-11-5/h1,3,6H,2,9H2. The van der Waals surface area contributed by atoms with Crippen molar-refractivity contribution in [3.8, 4) is 5.88 Å². The largest absolute Gasteiger partial charge is 0.417 e. The van der Waals surface area contributed by atoms with Gasteiger partial charge in [0, 0.05) is 12.6 Å². The van der Waals surface area contributed by atoms with Crippen molar-refractivity contribution in [1.82, 2.24) is 9.97 Å². The molecule has 2 N–H and O–H groups in total. The van der Waals surface area contributed by atoms with Gasteiger partial charge < -0.3 is 10.5 Å². The molecule has 0 spiro atoms. The summed E-state index contributed by atoms with van der Waals surface area (Å²) in [5.74, 6) is -0.166. The van der Waals surface area contributed by atoms with Crippen molar-refractivity contribution >= 4 is 0 Å². The van der Waals surface area contributed by atoms with Crippen LogP contribution in [-0.2, 0) is 6.54 Å². The SMILES string of the molecule is NCc1cc(OC(F)F)ncn1. The molecule has 4 nitrogen and oxygen atoms in total. The molecule has 1 rings (SSSR count). The number of ether oxygens (including phenoxy) is 1. The lowest BCUT2D eigenvalue weighted by Crippen LogP contribution is -2.06. The molecular weight excluding hydrogens is 168 g/mol. The van der Waals surface area contributed by atoms with E-state index in [2.05, 4.69) is 14.7 Å². The second-order valence-corrected chi connectivity index (χ2v) is 1.93. The predicted molar refractivity (Wildman–Crippen MR) is 36.6 cm³/mol. The molecule has 0 amide bonds. The molecule has 0 radical (unpaired) electrons. The Morgan fingerprint density at radius 2 is 2.25 bits per heavy atom. The molecule has 66 valence electrons. The molecule has 1 aromatic rings. The first-order valence-corrected chi connectivity index (χ1v) is 3.18. The lowest BCUT2D eigenvalue weighted by Gasteiger charge is -2.02. The summed E-state index contributed by atoms with van der Waals surface area (Å²) in [6.07, 6.45) is 1.12. The summed E-state index contributed by atoms with van der Waals surface area (Å²) >= 11 is 0. The number of hydrogen-bond donors (Lipinski definition) is 1. The molecule has 0 aliphatic rings. The normalized spacial score (nSPS) is 10.3. The van der Waals surface area contributed by atoms with Crippen LogP contribution in [-0.4, -0.2) is 16.6 Å². The molecule has 1 aromatic heterocycles. The second-order valence-electron chi connectivity index (χ2n) is 1.93. The van der Waals surface area contributed by atoms with Crippen LogP contribution in [0.2, 0.25) is 0 Å². The minimum Gasteiger partial charge on any atom is -0.417 e. The van der Waals surface area contributed by atoms with Crippen molar-refractivity contribution in [2.24, 2.45) is 5.73 Å². The Bertz CT molecular complexity index is 256. The molecular formula is C6H7F2N3O. The van der Waals surface area contributed by atoms with Gasteiger partial charge in [0.05, 0.1) is 5.69 Å². The van der Waals surface area contributed by atoms with E-state index >= 15 is 0 Å². The van der Waals surface area contributed by atoms with Crippen molar-refractivity contribution in [2.45, 2.75) is 13.2 Å². The molecule has 0 aromatic carbocycles. The van der Waals surface area contributed by atoms with Gasteiger partial charge in [-0.15, -0.1) is 0 Å². The monoisotopic (exact) mass is 175 g/mol. The number of aromatic nitrogens is 2. The van der Waals surface area contributed by atoms with Gasteiger partial charge in [0.2, 0.25) is 5.88 Å². The lowest BCUT2D eigenvalue weighted by molar-refractivity contribution is -0.0529. The van der Waals surface area contributed by atoms with E-state index in [0.717, 1.165) is 6.33 Å². The fraction of sp³-hybridized carbons (Fsp3) is 0.333. The molecule has 0 saturated carbocycles. The lowest BCUT2D eigenvalue weighted by atomic mass is 10.4. The maximum absolute atomic E-state index is 11.6. The molecule has 0 aliphatic carbocycles. The first kappa shape index (κ1) is 8.79. The highest BCUT2D eigenvalue weighted by atomic mass is 19.3. The number of alkyl halides is 2. The van der Waals surface area contributed by atoms with Crippen LogP contribution >= 0.6 is 0 Å². The fourth-order valence-corrected chi connectivity index (χ4v) is 0.644. The minimum absolute atomic E-state index is 0.166. The summed E-state index contributed by atoms with van der Waals surface area (Å²) in [5, 5.41) is 0. The number of halogens is 2. The quantitative estimate of drug-likeness (QED) is 0.728. The van der Waals surface area contributed by atoms with Crippen molar-refractivity contribution in [1.29, 1.82) is 0 Å². The van der Waals surface area contributed by atoms with Crippen molar-refractivity contribution < 1.29 is 13.5 Å². The molecule has 1 heterocycles. The average Bonchev–Trinajstić information content (AvgIpc) is 2.03. The third-order valence-corrected chi connectivity index (χ3v) is 1.12. The molecule has 6 heteroatoms. The summed E-state index contributed by atoms with van der Waals surface area (Å²) in [6.45, 7) is -2.70. The van der Waals surface area contributed by atoms with Crippen LogP contribution in [0.1, 0.15) is 5.69 Å². The second kappa shape index (κ2) is 3.91. The highest BCUT2D eigenvalue weighted by molar-refractivity contribution is 5.12. The summed E-state index contributed by atoms with van der Waals surface area (Å²) in [7, 11) is 0. The molecule has 0 fully saturated rings. The molecule has 0 atom stereocenters. The first-order valence-electron chi connectivity index (χ1n) is 3.18. The zero-order valence-electron chi connectivity index (χ0n) is 6.08. The Hall–Kier alpha value is -1.30. The van der Waals surface area contributed by atoms with Crippen LogP contribution in [0, 0.1) is 0 Å². The van der Waals surface area contributed by atoms with Crippen LogP contribution in [0.4, 0.5) is 8.78 Å².